The maximum Gasteiger partial charge on any atom is 0.225 e. The molecule has 0 atom stereocenters. The molecule has 146 valence electrons. The van der Waals surface area contributed by atoms with Gasteiger partial charge in [-0.25, -0.2) is 19.9 Å². The summed E-state index contributed by atoms with van der Waals surface area (Å²) in [5.74, 6) is 1.62. The highest BCUT2D eigenvalue weighted by Crippen LogP contribution is 2.25. The molecule has 0 amide bonds. The van der Waals surface area contributed by atoms with Crippen molar-refractivity contribution in [2.45, 2.75) is 39.8 Å². The molecule has 0 saturated carbocycles. The summed E-state index contributed by atoms with van der Waals surface area (Å²) in [5.41, 5.74) is 2.39. The van der Waals surface area contributed by atoms with E-state index in [-0.39, 0.29) is 10.6 Å². The van der Waals surface area contributed by atoms with Crippen LogP contribution >= 0.6 is 46.4 Å². The van der Waals surface area contributed by atoms with Gasteiger partial charge in [0.15, 0.2) is 21.6 Å². The Kier molecular flexibility index (Phi) is 5.30. The molecule has 0 fully saturated rings. The molecule has 0 spiro atoms. The van der Waals surface area contributed by atoms with Crippen molar-refractivity contribution in [1.82, 2.24) is 39.0 Å². The summed E-state index contributed by atoms with van der Waals surface area (Å²) in [6, 6.07) is 0. The van der Waals surface area contributed by atoms with E-state index in [2.05, 4.69) is 29.9 Å². The summed E-state index contributed by atoms with van der Waals surface area (Å²) in [7, 11) is 0. The molecule has 4 aromatic rings. The van der Waals surface area contributed by atoms with Crippen LogP contribution in [0.25, 0.3) is 22.3 Å². The molecular weight excluding hydrogens is 446 g/mol. The van der Waals surface area contributed by atoms with E-state index in [4.69, 9.17) is 46.4 Å². The third kappa shape index (κ3) is 3.50. The van der Waals surface area contributed by atoms with Crippen LogP contribution in [0, 0.1) is 13.8 Å². The van der Waals surface area contributed by atoms with Gasteiger partial charge in [0.2, 0.25) is 10.6 Å². The Morgan fingerprint density at radius 2 is 1.00 bits per heavy atom. The molecule has 4 aromatic heterocycles. The predicted molar refractivity (Wildman–Crippen MR) is 109 cm³/mol. The van der Waals surface area contributed by atoms with Crippen LogP contribution in [0.4, 0.5) is 0 Å². The molecule has 4 heterocycles. The molecule has 0 unspecified atom stereocenters. The molecule has 0 saturated heterocycles. The van der Waals surface area contributed by atoms with Crippen molar-refractivity contribution in [2.75, 3.05) is 0 Å². The molecule has 28 heavy (non-hydrogen) atoms. The monoisotopic (exact) mass is 458 g/mol. The van der Waals surface area contributed by atoms with E-state index in [1.807, 2.05) is 23.0 Å². The van der Waals surface area contributed by atoms with Crippen molar-refractivity contribution < 1.29 is 0 Å². The largest absolute Gasteiger partial charge is 0.324 e. The summed E-state index contributed by atoms with van der Waals surface area (Å²) < 4.78 is 4.01. The number of hydrogen-bond acceptors (Lipinski definition) is 6. The quantitative estimate of drug-likeness (QED) is 0.244. The van der Waals surface area contributed by atoms with E-state index in [1.165, 1.54) is 0 Å². The van der Waals surface area contributed by atoms with Crippen molar-refractivity contribution in [3.05, 3.63) is 32.5 Å². The number of fused-ring (bicyclic) bond motifs is 2. The lowest BCUT2D eigenvalue weighted by Gasteiger charge is -2.10. The summed E-state index contributed by atoms with van der Waals surface area (Å²) in [6.07, 6.45) is 1.74. The van der Waals surface area contributed by atoms with E-state index < -0.39 is 0 Å². The van der Waals surface area contributed by atoms with Gasteiger partial charge in [-0.3, -0.25) is 0 Å². The average molecular weight is 460 g/mol. The Labute approximate surface area is 179 Å². The highest BCUT2D eigenvalue weighted by atomic mass is 35.5. The van der Waals surface area contributed by atoms with E-state index >= 15 is 0 Å². The molecular formula is C16H14Cl4N8. The van der Waals surface area contributed by atoms with Crippen LogP contribution in [0.5, 0.6) is 0 Å². The van der Waals surface area contributed by atoms with Crippen LogP contribution in [-0.2, 0) is 13.1 Å². The van der Waals surface area contributed by atoms with Gasteiger partial charge in [0.05, 0.1) is 0 Å². The summed E-state index contributed by atoms with van der Waals surface area (Å²) in [6.45, 7) is 5.24. The fourth-order valence-corrected chi connectivity index (χ4v) is 4.19. The molecule has 0 aromatic carbocycles. The van der Waals surface area contributed by atoms with Gasteiger partial charge in [-0.15, -0.1) is 0 Å². The smallest absolute Gasteiger partial charge is 0.225 e. The average Bonchev–Trinajstić information content (AvgIpc) is 3.07. The third-order valence-corrected chi connectivity index (χ3v) is 5.33. The summed E-state index contributed by atoms with van der Waals surface area (Å²) >= 11 is 24.2. The van der Waals surface area contributed by atoms with Crippen LogP contribution in [0.2, 0.25) is 20.9 Å². The van der Waals surface area contributed by atoms with Crippen molar-refractivity contribution in [3.63, 3.8) is 0 Å². The number of unbranched alkanes of at least 4 members (excludes halogenated alkanes) is 1. The first-order chi connectivity index (χ1) is 13.3. The van der Waals surface area contributed by atoms with Crippen molar-refractivity contribution in [2.24, 2.45) is 0 Å². The first kappa shape index (κ1) is 19.6. The van der Waals surface area contributed by atoms with Crippen LogP contribution in [0.15, 0.2) is 0 Å². The van der Waals surface area contributed by atoms with Crippen molar-refractivity contribution >= 4 is 68.7 Å². The fraction of sp³-hybridized carbons (Fsp3) is 0.375. The molecule has 8 nitrogen and oxygen atoms in total. The van der Waals surface area contributed by atoms with Gasteiger partial charge in [-0.2, -0.15) is 9.97 Å². The van der Waals surface area contributed by atoms with Gasteiger partial charge in [0.1, 0.15) is 22.7 Å². The predicted octanol–water partition coefficient (Wildman–Crippen LogP) is 4.68. The number of halogens is 4. The second-order valence-corrected chi connectivity index (χ2v) is 7.63. The van der Waals surface area contributed by atoms with Gasteiger partial charge < -0.3 is 9.13 Å². The van der Waals surface area contributed by atoms with Crippen LogP contribution in [-0.4, -0.2) is 39.0 Å². The van der Waals surface area contributed by atoms with Gasteiger partial charge in [-0.05, 0) is 49.9 Å². The second-order valence-electron chi connectivity index (χ2n) is 6.24. The standard InChI is InChI=1S/C16H14Cl4N8/c1-7-21-13-9(11(17)23-15(19)25-13)27(7)5-3-4-6-28-8(2)22-14-10(28)12(18)24-16(20)26-14/h3-6H2,1-2H3. The minimum atomic E-state index is 0.0869. The first-order valence-electron chi connectivity index (χ1n) is 8.47. The molecule has 0 aliphatic carbocycles. The molecule has 0 bridgehead atoms. The Morgan fingerprint density at radius 1 is 0.607 bits per heavy atom. The number of imidazole rings is 2. The minimum absolute atomic E-state index is 0.0869. The maximum absolute atomic E-state index is 6.24. The highest BCUT2D eigenvalue weighted by Gasteiger charge is 2.16. The normalized spacial score (nSPS) is 11.8. The number of nitrogens with zero attached hydrogens (tertiary/aromatic N) is 8. The topological polar surface area (TPSA) is 87.2 Å². The zero-order chi connectivity index (χ0) is 20.0. The lowest BCUT2D eigenvalue weighted by Crippen LogP contribution is -2.05. The second kappa shape index (κ2) is 7.59. The Balaban J connectivity index is 1.52. The van der Waals surface area contributed by atoms with E-state index in [9.17, 15) is 0 Å². The number of rotatable bonds is 5. The van der Waals surface area contributed by atoms with Crippen molar-refractivity contribution in [1.29, 1.82) is 0 Å². The molecule has 4 rings (SSSR count). The first-order valence-corrected chi connectivity index (χ1v) is 9.98. The fourth-order valence-electron chi connectivity index (χ4n) is 3.24. The zero-order valence-corrected chi connectivity index (χ0v) is 17.9. The Hall–Kier alpha value is -1.74. The molecule has 0 aliphatic rings. The van der Waals surface area contributed by atoms with E-state index in [1.54, 1.807) is 0 Å². The van der Waals surface area contributed by atoms with Gasteiger partial charge in [0.25, 0.3) is 0 Å². The van der Waals surface area contributed by atoms with Crippen LogP contribution in [0.1, 0.15) is 24.5 Å². The van der Waals surface area contributed by atoms with Gasteiger partial charge >= 0.3 is 0 Å². The van der Waals surface area contributed by atoms with Crippen LogP contribution in [0.3, 0.4) is 0 Å². The zero-order valence-electron chi connectivity index (χ0n) is 14.9. The number of aromatic nitrogens is 8. The van der Waals surface area contributed by atoms with Gasteiger partial charge in [-0.1, -0.05) is 23.2 Å². The molecule has 0 radical (unpaired) electrons. The van der Waals surface area contributed by atoms with Crippen LogP contribution < -0.4 is 0 Å². The maximum atomic E-state index is 6.24. The molecule has 12 heteroatoms. The Bertz CT molecular complexity index is 1110. The SMILES string of the molecule is Cc1nc2nc(Cl)nc(Cl)c2n1CCCCn1c(C)nc2nc(Cl)nc(Cl)c21. The molecule has 0 aliphatic heterocycles. The molecule has 0 N–H and O–H groups in total. The van der Waals surface area contributed by atoms with Gasteiger partial charge in [0, 0.05) is 13.1 Å². The number of aryl methyl sites for hydroxylation is 4. The lowest BCUT2D eigenvalue weighted by atomic mass is 10.3. The van der Waals surface area contributed by atoms with E-state index in [0.717, 1.165) is 37.6 Å². The summed E-state index contributed by atoms with van der Waals surface area (Å²) in [4.78, 5) is 25.1. The highest BCUT2D eigenvalue weighted by molar-refractivity contribution is 6.35. The minimum Gasteiger partial charge on any atom is -0.324 e. The van der Waals surface area contributed by atoms with Crippen molar-refractivity contribution in [3.8, 4) is 0 Å². The summed E-state index contributed by atoms with van der Waals surface area (Å²) in [5, 5.41) is 0.772. The Morgan fingerprint density at radius 3 is 1.39 bits per heavy atom. The lowest BCUT2D eigenvalue weighted by molar-refractivity contribution is 0.553. The van der Waals surface area contributed by atoms with E-state index in [0.29, 0.717) is 32.6 Å². The third-order valence-electron chi connectivity index (χ3n) is 4.46. The number of hydrogen-bond donors (Lipinski definition) is 0.